The molecule has 0 aliphatic carbocycles. The van der Waals surface area contributed by atoms with Crippen molar-refractivity contribution < 1.29 is 28.3 Å². The Bertz CT molecular complexity index is 75.7. The van der Waals surface area contributed by atoms with Crippen LogP contribution < -0.4 is 0 Å². The molecule has 0 aliphatic rings. The van der Waals surface area contributed by atoms with E-state index in [0.717, 1.165) is 0 Å². The maximum atomic E-state index is 8.67. The average molecular weight is 208 g/mol. The SMILES string of the molecule is O=C(O)O.O=S(O)O.[KH].[NaH]. The van der Waals surface area contributed by atoms with Gasteiger partial charge in [-0.15, -0.1) is 0 Å². The van der Waals surface area contributed by atoms with E-state index < -0.39 is 17.5 Å². The van der Waals surface area contributed by atoms with E-state index in [1.807, 2.05) is 0 Å². The molecule has 0 aliphatic heterocycles. The Balaban J connectivity index is -0.0000000300. The van der Waals surface area contributed by atoms with Gasteiger partial charge in [0.15, 0.2) is 0 Å². The monoisotopic (exact) mass is 208 g/mol. The van der Waals surface area contributed by atoms with Crippen molar-refractivity contribution in [2.75, 3.05) is 0 Å². The summed E-state index contributed by atoms with van der Waals surface area (Å²) in [4.78, 5) is 8.56. The third kappa shape index (κ3) is 206. The van der Waals surface area contributed by atoms with Crippen molar-refractivity contribution in [1.29, 1.82) is 0 Å². The van der Waals surface area contributed by atoms with Crippen molar-refractivity contribution in [3.63, 3.8) is 0 Å². The Morgan fingerprint density at radius 3 is 1.20 bits per heavy atom. The van der Waals surface area contributed by atoms with Crippen LogP contribution in [0, 0.1) is 0 Å². The first-order valence-corrected chi connectivity index (χ1v) is 2.25. The van der Waals surface area contributed by atoms with E-state index in [1.165, 1.54) is 0 Å². The number of hydrogen-bond donors (Lipinski definition) is 4. The topological polar surface area (TPSA) is 115 Å². The summed E-state index contributed by atoms with van der Waals surface area (Å²) in [6.45, 7) is 0. The van der Waals surface area contributed by atoms with Gasteiger partial charge in [0.05, 0.1) is 0 Å². The molecule has 4 N–H and O–H groups in total. The van der Waals surface area contributed by atoms with Crippen LogP contribution in [0.5, 0.6) is 0 Å². The summed E-state index contributed by atoms with van der Waals surface area (Å²) in [5.74, 6) is 0. The summed E-state index contributed by atoms with van der Waals surface area (Å²) < 4.78 is 22.8. The molecule has 0 aromatic rings. The van der Waals surface area contributed by atoms with E-state index in [-0.39, 0.29) is 80.9 Å². The Hall–Kier alpha value is 1.98. The summed E-state index contributed by atoms with van der Waals surface area (Å²) in [7, 11) is 0. The molecular formula is CH6KNaO6S. The second kappa shape index (κ2) is 17.2. The summed E-state index contributed by atoms with van der Waals surface area (Å²) >= 11 is -2.61. The van der Waals surface area contributed by atoms with E-state index in [2.05, 4.69) is 0 Å². The van der Waals surface area contributed by atoms with E-state index in [9.17, 15) is 0 Å². The molecular weight excluding hydrogens is 202 g/mol. The zero-order valence-electron chi connectivity index (χ0n) is 3.51. The fourth-order valence-electron chi connectivity index (χ4n) is 0. The Morgan fingerprint density at radius 1 is 1.20 bits per heavy atom. The molecule has 0 saturated heterocycles. The summed E-state index contributed by atoms with van der Waals surface area (Å²) in [6, 6.07) is 0. The molecule has 9 heteroatoms. The van der Waals surface area contributed by atoms with Crippen molar-refractivity contribution >= 4 is 98.5 Å². The molecule has 10 heavy (non-hydrogen) atoms. The third-order valence-electron chi connectivity index (χ3n) is 0. The van der Waals surface area contributed by atoms with Crippen molar-refractivity contribution in [2.45, 2.75) is 0 Å². The third-order valence-corrected chi connectivity index (χ3v) is 0. The standard InChI is InChI=1S/CH2O3.K.Na.H2O3S.2H/c2-1(3)4;;;1-4(2)3;;/h(H2,2,3,4);;;(H2,1,2,3);;. The van der Waals surface area contributed by atoms with E-state index in [4.69, 9.17) is 28.3 Å². The molecule has 0 unspecified atom stereocenters. The molecule has 0 radical (unpaired) electrons. The van der Waals surface area contributed by atoms with E-state index in [0.29, 0.717) is 0 Å². The van der Waals surface area contributed by atoms with Gasteiger partial charge in [-0.2, -0.15) is 4.21 Å². The molecule has 0 amide bonds. The van der Waals surface area contributed by atoms with Crippen LogP contribution in [0.2, 0.25) is 0 Å². The number of carbonyl (C=O) groups is 1. The molecule has 0 fully saturated rings. The Labute approximate surface area is 124 Å². The Morgan fingerprint density at radius 2 is 1.20 bits per heavy atom. The Kier molecular flexibility index (Phi) is 38.9. The van der Waals surface area contributed by atoms with Gasteiger partial charge in [-0.1, -0.05) is 0 Å². The fraction of sp³-hybridized carbons (Fsp3) is 0. The zero-order chi connectivity index (χ0) is 7.15. The predicted molar refractivity (Wildman–Crippen MR) is 38.4 cm³/mol. The molecule has 0 heterocycles. The first kappa shape index (κ1) is 22.7. The van der Waals surface area contributed by atoms with Gasteiger partial charge in [0.1, 0.15) is 0 Å². The van der Waals surface area contributed by atoms with Gasteiger partial charge >= 0.3 is 87.1 Å². The normalized spacial score (nSPS) is 5.90. The van der Waals surface area contributed by atoms with Crippen LogP contribution in [0.1, 0.15) is 0 Å². The first-order valence-electron chi connectivity index (χ1n) is 1.18. The van der Waals surface area contributed by atoms with Gasteiger partial charge in [-0.05, 0) is 0 Å². The van der Waals surface area contributed by atoms with Crippen molar-refractivity contribution in [2.24, 2.45) is 0 Å². The van der Waals surface area contributed by atoms with Crippen LogP contribution in [0.3, 0.4) is 0 Å². The number of rotatable bonds is 0. The van der Waals surface area contributed by atoms with E-state index >= 15 is 0 Å². The first-order chi connectivity index (χ1) is 3.46. The van der Waals surface area contributed by atoms with Gasteiger partial charge in [0, 0.05) is 0 Å². The van der Waals surface area contributed by atoms with Gasteiger partial charge in [0.25, 0.3) is 11.4 Å². The number of carboxylic acid groups (broad SMARTS) is 2. The van der Waals surface area contributed by atoms with Crippen LogP contribution in [-0.2, 0) is 11.4 Å². The predicted octanol–water partition coefficient (Wildman–Crippen LogP) is -1.39. The van der Waals surface area contributed by atoms with Gasteiger partial charge < -0.3 is 10.2 Å². The molecule has 0 spiro atoms. The van der Waals surface area contributed by atoms with Gasteiger partial charge in [-0.25, -0.2) is 4.79 Å². The molecule has 54 valence electrons. The van der Waals surface area contributed by atoms with Crippen LogP contribution in [0.25, 0.3) is 0 Å². The van der Waals surface area contributed by atoms with Crippen LogP contribution >= 0.6 is 0 Å². The summed E-state index contributed by atoms with van der Waals surface area (Å²) in [5, 5.41) is 13.9. The molecule has 0 bridgehead atoms. The van der Waals surface area contributed by atoms with Gasteiger partial charge in [0.2, 0.25) is 0 Å². The van der Waals surface area contributed by atoms with Crippen LogP contribution in [0.4, 0.5) is 4.79 Å². The second-order valence-electron chi connectivity index (χ2n) is 0.513. The molecule has 0 aromatic heterocycles. The van der Waals surface area contributed by atoms with Crippen molar-refractivity contribution in [1.82, 2.24) is 0 Å². The van der Waals surface area contributed by atoms with Crippen LogP contribution in [-0.4, -0.2) is 111 Å². The second-order valence-corrected chi connectivity index (χ2v) is 0.975. The minimum absolute atomic E-state index is 0. The zero-order valence-corrected chi connectivity index (χ0v) is 4.33. The maximum absolute atomic E-state index is 8.67. The molecule has 6 nitrogen and oxygen atoms in total. The minimum atomic E-state index is -2.61. The molecule has 0 saturated carbocycles. The summed E-state index contributed by atoms with van der Waals surface area (Å²) in [5.41, 5.74) is 0. The van der Waals surface area contributed by atoms with Crippen molar-refractivity contribution in [3.05, 3.63) is 0 Å². The summed E-state index contributed by atoms with van der Waals surface area (Å²) in [6.07, 6.45) is -1.83. The molecule has 0 rings (SSSR count). The fourth-order valence-corrected chi connectivity index (χ4v) is 0. The molecule has 0 aromatic carbocycles. The van der Waals surface area contributed by atoms with Crippen LogP contribution in [0.15, 0.2) is 0 Å². The molecule has 0 atom stereocenters. The average Bonchev–Trinajstić information content (AvgIpc) is 1.25. The quantitative estimate of drug-likeness (QED) is 0.287. The van der Waals surface area contributed by atoms with Crippen molar-refractivity contribution in [3.8, 4) is 0 Å². The number of hydrogen-bond acceptors (Lipinski definition) is 2. The van der Waals surface area contributed by atoms with E-state index in [1.54, 1.807) is 0 Å². The van der Waals surface area contributed by atoms with Gasteiger partial charge in [-0.3, -0.25) is 9.11 Å².